The van der Waals surface area contributed by atoms with E-state index in [-0.39, 0.29) is 10.8 Å². The summed E-state index contributed by atoms with van der Waals surface area (Å²) in [6, 6.07) is 11.1. The van der Waals surface area contributed by atoms with E-state index in [2.05, 4.69) is 15.4 Å². The van der Waals surface area contributed by atoms with Gasteiger partial charge in [-0.3, -0.25) is 9.59 Å². The second-order valence-corrected chi connectivity index (χ2v) is 7.70. The molecular formula is C17H18ClN3O4S. The molecule has 2 aromatic carbocycles. The number of rotatable bonds is 6. The Balaban J connectivity index is 2.00. The molecule has 0 heterocycles. The molecule has 26 heavy (non-hydrogen) atoms. The van der Waals surface area contributed by atoms with Gasteiger partial charge < -0.3 is 10.6 Å². The Labute approximate surface area is 156 Å². The van der Waals surface area contributed by atoms with Crippen LogP contribution in [-0.4, -0.2) is 26.3 Å². The molecule has 0 saturated carbocycles. The van der Waals surface area contributed by atoms with Crippen molar-refractivity contribution in [3.63, 3.8) is 0 Å². The molecule has 2 rings (SSSR count). The van der Waals surface area contributed by atoms with Crippen molar-refractivity contribution in [2.45, 2.75) is 24.8 Å². The van der Waals surface area contributed by atoms with Crippen molar-refractivity contribution in [2.24, 2.45) is 0 Å². The average molecular weight is 396 g/mol. The highest BCUT2D eigenvalue weighted by Gasteiger charge is 2.22. The summed E-state index contributed by atoms with van der Waals surface area (Å²) in [5.74, 6) is -0.721. The van der Waals surface area contributed by atoms with Gasteiger partial charge in [0.1, 0.15) is 0 Å². The molecule has 1 atom stereocenters. The van der Waals surface area contributed by atoms with Crippen LogP contribution in [0.4, 0.5) is 11.4 Å². The highest BCUT2D eigenvalue weighted by atomic mass is 35.5. The zero-order valence-corrected chi connectivity index (χ0v) is 15.7. The van der Waals surface area contributed by atoms with E-state index in [0.29, 0.717) is 16.4 Å². The predicted molar refractivity (Wildman–Crippen MR) is 101 cm³/mol. The van der Waals surface area contributed by atoms with E-state index in [1.54, 1.807) is 24.3 Å². The lowest BCUT2D eigenvalue weighted by Crippen LogP contribution is -2.41. The van der Waals surface area contributed by atoms with Gasteiger partial charge in [-0.15, -0.1) is 0 Å². The van der Waals surface area contributed by atoms with Gasteiger partial charge in [0.2, 0.25) is 21.8 Å². The Kier molecular flexibility index (Phi) is 6.36. The van der Waals surface area contributed by atoms with E-state index in [1.807, 2.05) is 0 Å². The molecule has 0 aliphatic heterocycles. The Morgan fingerprint density at radius 1 is 0.923 bits per heavy atom. The number of hydrogen-bond acceptors (Lipinski definition) is 4. The van der Waals surface area contributed by atoms with Crippen LogP contribution in [0, 0.1) is 0 Å². The van der Waals surface area contributed by atoms with Crippen molar-refractivity contribution in [1.82, 2.24) is 4.72 Å². The molecule has 0 spiro atoms. The first-order valence-electron chi connectivity index (χ1n) is 7.64. The van der Waals surface area contributed by atoms with E-state index < -0.39 is 22.0 Å². The lowest BCUT2D eigenvalue weighted by Gasteiger charge is -2.15. The Bertz CT molecular complexity index is 897. The maximum atomic E-state index is 12.3. The summed E-state index contributed by atoms with van der Waals surface area (Å²) in [4.78, 5) is 23.2. The first kappa shape index (κ1) is 19.9. The van der Waals surface area contributed by atoms with Crippen LogP contribution in [-0.2, 0) is 19.6 Å². The molecule has 138 valence electrons. The second kappa shape index (κ2) is 8.31. The SMILES string of the molecule is CC(=O)Nc1ccc(NC(=O)[C@H](C)NS(=O)(=O)c2ccc(Cl)cc2)cc1. The first-order chi connectivity index (χ1) is 12.2. The Morgan fingerprint density at radius 3 is 1.92 bits per heavy atom. The number of carbonyl (C=O) groups is 2. The molecule has 0 bridgehead atoms. The largest absolute Gasteiger partial charge is 0.326 e. The van der Waals surface area contributed by atoms with Crippen LogP contribution in [0.1, 0.15) is 13.8 Å². The van der Waals surface area contributed by atoms with E-state index in [1.165, 1.54) is 38.1 Å². The number of anilines is 2. The minimum absolute atomic E-state index is 0.0150. The summed E-state index contributed by atoms with van der Waals surface area (Å²) in [5.41, 5.74) is 1.06. The third-order valence-electron chi connectivity index (χ3n) is 3.32. The topological polar surface area (TPSA) is 104 Å². The van der Waals surface area contributed by atoms with E-state index >= 15 is 0 Å². The fraction of sp³-hybridized carbons (Fsp3) is 0.176. The molecule has 0 aliphatic carbocycles. The van der Waals surface area contributed by atoms with Crippen LogP contribution in [0.15, 0.2) is 53.4 Å². The summed E-state index contributed by atoms with van der Waals surface area (Å²) >= 11 is 5.74. The Morgan fingerprint density at radius 2 is 1.42 bits per heavy atom. The van der Waals surface area contributed by atoms with E-state index in [4.69, 9.17) is 11.6 Å². The summed E-state index contributed by atoms with van der Waals surface area (Å²) in [6.45, 7) is 2.83. The smallest absolute Gasteiger partial charge is 0.242 e. The third-order valence-corrected chi connectivity index (χ3v) is 5.13. The molecule has 9 heteroatoms. The molecular weight excluding hydrogens is 378 g/mol. The summed E-state index contributed by atoms with van der Waals surface area (Å²) < 4.78 is 26.9. The molecule has 0 fully saturated rings. The summed E-state index contributed by atoms with van der Waals surface area (Å²) in [7, 11) is -3.85. The van der Waals surface area contributed by atoms with Gasteiger partial charge in [0.25, 0.3) is 0 Å². The van der Waals surface area contributed by atoms with Crippen molar-refractivity contribution in [3.8, 4) is 0 Å². The summed E-state index contributed by atoms with van der Waals surface area (Å²) in [6.07, 6.45) is 0. The van der Waals surface area contributed by atoms with Gasteiger partial charge in [0.15, 0.2) is 0 Å². The normalized spacial score (nSPS) is 12.3. The van der Waals surface area contributed by atoms with Gasteiger partial charge in [0, 0.05) is 23.3 Å². The highest BCUT2D eigenvalue weighted by Crippen LogP contribution is 2.16. The number of sulfonamides is 1. The molecule has 0 unspecified atom stereocenters. The highest BCUT2D eigenvalue weighted by molar-refractivity contribution is 7.89. The number of hydrogen-bond donors (Lipinski definition) is 3. The van der Waals surface area contributed by atoms with Crippen molar-refractivity contribution in [3.05, 3.63) is 53.6 Å². The fourth-order valence-corrected chi connectivity index (χ4v) is 3.39. The van der Waals surface area contributed by atoms with Crippen LogP contribution in [0.5, 0.6) is 0 Å². The van der Waals surface area contributed by atoms with Crippen LogP contribution in [0.25, 0.3) is 0 Å². The molecule has 0 saturated heterocycles. The minimum Gasteiger partial charge on any atom is -0.326 e. The van der Waals surface area contributed by atoms with Gasteiger partial charge in [-0.05, 0) is 55.5 Å². The van der Waals surface area contributed by atoms with Crippen LogP contribution >= 0.6 is 11.6 Å². The lowest BCUT2D eigenvalue weighted by atomic mass is 10.2. The first-order valence-corrected chi connectivity index (χ1v) is 9.50. The minimum atomic E-state index is -3.85. The molecule has 0 aromatic heterocycles. The fourth-order valence-electron chi connectivity index (χ4n) is 2.06. The van der Waals surface area contributed by atoms with E-state index in [0.717, 1.165) is 0 Å². The molecule has 7 nitrogen and oxygen atoms in total. The number of carbonyl (C=O) groups excluding carboxylic acids is 2. The van der Waals surface area contributed by atoms with Gasteiger partial charge in [0.05, 0.1) is 10.9 Å². The Hall–Kier alpha value is -2.42. The molecule has 2 aromatic rings. The summed E-state index contributed by atoms with van der Waals surface area (Å²) in [5, 5.41) is 5.63. The van der Waals surface area contributed by atoms with Crippen LogP contribution < -0.4 is 15.4 Å². The van der Waals surface area contributed by atoms with Crippen molar-refractivity contribution in [2.75, 3.05) is 10.6 Å². The van der Waals surface area contributed by atoms with Crippen LogP contribution in [0.2, 0.25) is 5.02 Å². The van der Waals surface area contributed by atoms with Crippen molar-refractivity contribution < 1.29 is 18.0 Å². The average Bonchev–Trinajstić information content (AvgIpc) is 2.56. The standard InChI is InChI=1S/C17H18ClN3O4S/c1-11(21-26(24,25)16-9-3-13(18)4-10-16)17(23)20-15-7-5-14(6-8-15)19-12(2)22/h3-11,21H,1-2H3,(H,19,22)(H,20,23)/t11-/m0/s1. The van der Waals surface area contributed by atoms with Crippen LogP contribution in [0.3, 0.4) is 0 Å². The second-order valence-electron chi connectivity index (χ2n) is 5.54. The number of benzene rings is 2. The molecule has 0 radical (unpaired) electrons. The number of halogens is 1. The molecule has 0 aliphatic rings. The maximum Gasteiger partial charge on any atom is 0.242 e. The van der Waals surface area contributed by atoms with Crippen molar-refractivity contribution >= 4 is 44.8 Å². The molecule has 3 N–H and O–H groups in total. The lowest BCUT2D eigenvalue weighted by molar-refractivity contribution is -0.117. The van der Waals surface area contributed by atoms with Gasteiger partial charge in [-0.25, -0.2) is 8.42 Å². The number of amides is 2. The maximum absolute atomic E-state index is 12.3. The number of nitrogens with one attached hydrogen (secondary N) is 3. The van der Waals surface area contributed by atoms with Crippen molar-refractivity contribution in [1.29, 1.82) is 0 Å². The third kappa shape index (κ3) is 5.55. The van der Waals surface area contributed by atoms with Gasteiger partial charge >= 0.3 is 0 Å². The van der Waals surface area contributed by atoms with Gasteiger partial charge in [-0.1, -0.05) is 11.6 Å². The van der Waals surface area contributed by atoms with E-state index in [9.17, 15) is 18.0 Å². The monoisotopic (exact) mass is 395 g/mol. The zero-order chi connectivity index (χ0) is 19.3. The molecule has 2 amide bonds. The quantitative estimate of drug-likeness (QED) is 0.699. The predicted octanol–water partition coefficient (Wildman–Crippen LogP) is 2.60. The zero-order valence-electron chi connectivity index (χ0n) is 14.1. The van der Waals surface area contributed by atoms with Gasteiger partial charge in [-0.2, -0.15) is 4.72 Å².